The van der Waals surface area contributed by atoms with Crippen LogP contribution in [0.15, 0.2) is 29.0 Å². The van der Waals surface area contributed by atoms with Crippen LogP contribution in [0.25, 0.3) is 0 Å². The van der Waals surface area contributed by atoms with Crippen molar-refractivity contribution >= 4 is 33.2 Å². The molecule has 0 spiro atoms. The highest BCUT2D eigenvalue weighted by atomic mass is 35.5. The Morgan fingerprint density at radius 2 is 1.92 bits per heavy atom. The van der Waals surface area contributed by atoms with Gasteiger partial charge in [-0.3, -0.25) is 14.6 Å². The van der Waals surface area contributed by atoms with E-state index in [1.54, 1.807) is 4.90 Å². The lowest BCUT2D eigenvalue weighted by Gasteiger charge is -2.37. The normalized spacial score (nSPS) is 20.7. The van der Waals surface area contributed by atoms with Gasteiger partial charge in [0.1, 0.15) is 16.4 Å². The minimum atomic E-state index is -3.38. The van der Waals surface area contributed by atoms with Crippen molar-refractivity contribution in [3.8, 4) is 0 Å². The third-order valence-corrected chi connectivity index (χ3v) is 6.72. The first-order valence-electron chi connectivity index (χ1n) is 9.79. The Hall–Kier alpha value is -1.77. The molecule has 2 aliphatic rings. The summed E-state index contributed by atoms with van der Waals surface area (Å²) in [4.78, 5) is 30.9. The predicted molar refractivity (Wildman–Crippen MR) is 97.6 cm³/mol. The van der Waals surface area contributed by atoms with E-state index in [4.69, 9.17) is 15.7 Å². The summed E-state index contributed by atoms with van der Waals surface area (Å²) in [5, 5.41) is -0.378. The van der Waals surface area contributed by atoms with E-state index in [2.05, 4.69) is 4.98 Å². The third kappa shape index (κ3) is 3.41. The Labute approximate surface area is 161 Å². The minimum absolute atomic E-state index is 0.0652. The van der Waals surface area contributed by atoms with Crippen LogP contribution >= 0.6 is 11.6 Å². The zero-order valence-electron chi connectivity index (χ0n) is 17.2. The zero-order valence-corrected chi connectivity index (χ0v) is 15.8. The summed E-state index contributed by atoms with van der Waals surface area (Å²) in [6.07, 6.45) is 0.762. The number of aromatic nitrogens is 1. The Bertz CT molecular complexity index is 1020. The monoisotopic (exact) mass is 400 g/mol. The van der Waals surface area contributed by atoms with Crippen molar-refractivity contribution in [2.45, 2.75) is 19.8 Å². The van der Waals surface area contributed by atoms with E-state index in [0.29, 0.717) is 6.42 Å². The van der Waals surface area contributed by atoms with Gasteiger partial charge in [0.15, 0.2) is 0 Å². The molecule has 7 nitrogen and oxygen atoms in total. The smallest absolute Gasteiger partial charge is 0.229 e. The van der Waals surface area contributed by atoms with Crippen molar-refractivity contribution in [1.29, 1.82) is 0 Å². The number of nitrogens with zero attached hydrogens (tertiary/aromatic N) is 3. The number of sulfonamides is 1. The molecule has 1 saturated heterocycles. The fourth-order valence-electron chi connectivity index (χ4n) is 2.98. The van der Waals surface area contributed by atoms with Crippen LogP contribution in [-0.2, 0) is 10.0 Å². The summed E-state index contributed by atoms with van der Waals surface area (Å²) in [6, 6.07) is -1.11. The van der Waals surface area contributed by atoms with E-state index >= 15 is 0 Å². The van der Waals surface area contributed by atoms with Crippen molar-refractivity contribution in [2.75, 3.05) is 31.9 Å². The fourth-order valence-corrected chi connectivity index (χ4v) is 4.91. The molecule has 140 valence electrons. The Morgan fingerprint density at radius 3 is 2.58 bits per heavy atom. The molecule has 9 heteroatoms. The maximum absolute atomic E-state index is 12.9. The number of carbonyl (C=O) groups is 2. The molecule has 0 bridgehead atoms. The molecule has 0 saturated carbocycles. The summed E-state index contributed by atoms with van der Waals surface area (Å²) in [6.45, 7) is 2.56. The second-order valence-corrected chi connectivity index (χ2v) is 8.54. The molecular weight excluding hydrogens is 378 g/mol. The van der Waals surface area contributed by atoms with Crippen molar-refractivity contribution in [1.82, 2.24) is 14.2 Å². The van der Waals surface area contributed by atoms with E-state index in [0.717, 1.165) is 6.42 Å². The van der Waals surface area contributed by atoms with Crippen LogP contribution in [0, 0.1) is 0 Å². The summed E-state index contributed by atoms with van der Waals surface area (Å²) >= 11 is 6.16. The van der Waals surface area contributed by atoms with Gasteiger partial charge in [0.2, 0.25) is 21.6 Å². The van der Waals surface area contributed by atoms with E-state index in [1.165, 1.54) is 4.31 Å². The van der Waals surface area contributed by atoms with E-state index in [1.807, 2.05) is 6.92 Å². The molecule has 26 heavy (non-hydrogen) atoms. The first-order valence-corrected chi connectivity index (χ1v) is 10.3. The number of hydrogen-bond donors (Lipinski definition) is 0. The van der Waals surface area contributed by atoms with Gasteiger partial charge in [-0.1, -0.05) is 24.9 Å². The van der Waals surface area contributed by atoms with Crippen LogP contribution in [0.2, 0.25) is 0 Å². The number of carbonyl (C=O) groups excluding carboxylic acids is 2. The zero-order chi connectivity index (χ0) is 21.5. The number of piperazine rings is 1. The SMILES string of the molecule is [2H]c1nc2c(c([2H])c1[2H])C(=O)C(Cl)=C(N1CCN(S(=O)(=O)CCCC)CC1)C2=O. The topological polar surface area (TPSA) is 87.7 Å². The highest BCUT2D eigenvalue weighted by Gasteiger charge is 2.37. The average Bonchev–Trinajstić information content (AvgIpc) is 2.69. The summed E-state index contributed by atoms with van der Waals surface area (Å²) in [5.74, 6) is -1.43. The van der Waals surface area contributed by atoms with Gasteiger partial charge in [-0.15, -0.1) is 0 Å². The molecule has 1 aliphatic carbocycles. The second kappa shape index (κ2) is 7.46. The number of unbranched alkanes of at least 4 members (excludes halogenated alkanes) is 1. The highest BCUT2D eigenvalue weighted by Crippen LogP contribution is 2.30. The van der Waals surface area contributed by atoms with Gasteiger partial charge < -0.3 is 4.90 Å². The summed E-state index contributed by atoms with van der Waals surface area (Å²) < 4.78 is 49.3. The summed E-state index contributed by atoms with van der Waals surface area (Å²) in [5.41, 5.74) is -0.831. The average molecular weight is 401 g/mol. The first-order chi connectivity index (χ1) is 13.6. The van der Waals surface area contributed by atoms with E-state index < -0.39 is 39.8 Å². The minimum Gasteiger partial charge on any atom is -0.364 e. The summed E-state index contributed by atoms with van der Waals surface area (Å²) in [7, 11) is -3.38. The molecule has 0 N–H and O–H groups in total. The number of rotatable bonds is 5. The fraction of sp³-hybridized carbons (Fsp3) is 0.471. The molecule has 0 aromatic carbocycles. The van der Waals surface area contributed by atoms with Gasteiger partial charge in [0, 0.05) is 32.4 Å². The van der Waals surface area contributed by atoms with Gasteiger partial charge in [-0.05, 0) is 18.5 Å². The number of allylic oxidation sites excluding steroid dienone is 2. The Balaban J connectivity index is 1.87. The number of halogens is 1. The molecule has 0 atom stereocenters. The molecule has 0 radical (unpaired) electrons. The Kier molecular flexibility index (Phi) is 4.39. The third-order valence-electron chi connectivity index (χ3n) is 4.42. The van der Waals surface area contributed by atoms with Crippen LogP contribution in [-0.4, -0.2) is 66.1 Å². The molecule has 1 fully saturated rings. The molecule has 0 amide bonds. The first kappa shape index (κ1) is 15.3. The van der Waals surface area contributed by atoms with Crippen molar-refractivity contribution in [3.05, 3.63) is 40.2 Å². The number of pyridine rings is 1. The highest BCUT2D eigenvalue weighted by molar-refractivity contribution is 7.89. The molecule has 2 heterocycles. The quantitative estimate of drug-likeness (QED) is 0.746. The van der Waals surface area contributed by atoms with E-state index in [-0.39, 0.29) is 53.9 Å². The van der Waals surface area contributed by atoms with Crippen LogP contribution in [0.1, 0.15) is 44.7 Å². The number of hydrogen-bond acceptors (Lipinski definition) is 6. The van der Waals surface area contributed by atoms with Gasteiger partial charge >= 0.3 is 0 Å². The standard InChI is InChI=1S/C17H20ClN3O4S/c1-2-3-11-26(24,25)21-9-7-20(8-10-21)15-13(18)16(22)12-5-4-6-19-14(12)17(15)23/h4-6H,2-3,7-11H2,1H3/i4D,5D,6D. The van der Waals surface area contributed by atoms with E-state index in [9.17, 15) is 18.0 Å². The molecular formula is C17H20ClN3O4S. The van der Waals surface area contributed by atoms with Crippen molar-refractivity contribution in [2.24, 2.45) is 0 Å². The largest absolute Gasteiger partial charge is 0.364 e. The van der Waals surface area contributed by atoms with Gasteiger partial charge in [0.25, 0.3) is 0 Å². The lowest BCUT2D eigenvalue weighted by Crippen LogP contribution is -2.50. The molecule has 1 aliphatic heterocycles. The number of Topliss-reactive ketones (excluding diaryl/α,β-unsaturated/α-hetero) is 2. The van der Waals surface area contributed by atoms with Crippen LogP contribution in [0.3, 0.4) is 0 Å². The lowest BCUT2D eigenvalue weighted by molar-refractivity contribution is 0.0929. The molecule has 0 unspecified atom stereocenters. The van der Waals surface area contributed by atoms with Crippen molar-refractivity contribution < 1.29 is 22.1 Å². The van der Waals surface area contributed by atoms with Gasteiger partial charge in [-0.2, -0.15) is 4.31 Å². The lowest BCUT2D eigenvalue weighted by atomic mass is 9.96. The maximum atomic E-state index is 12.9. The Morgan fingerprint density at radius 1 is 1.23 bits per heavy atom. The van der Waals surface area contributed by atoms with Crippen molar-refractivity contribution in [3.63, 3.8) is 0 Å². The number of ketones is 2. The van der Waals surface area contributed by atoms with Gasteiger partial charge in [0.05, 0.1) is 15.4 Å². The van der Waals surface area contributed by atoms with Crippen LogP contribution in [0.4, 0.5) is 0 Å². The maximum Gasteiger partial charge on any atom is 0.229 e. The second-order valence-electron chi connectivity index (χ2n) is 6.07. The predicted octanol–water partition coefficient (Wildman–Crippen LogP) is 1.66. The van der Waals surface area contributed by atoms with Gasteiger partial charge in [-0.25, -0.2) is 8.42 Å². The molecule has 1 aromatic heterocycles. The van der Waals surface area contributed by atoms with Crippen LogP contribution < -0.4 is 0 Å². The molecule has 1 aromatic rings. The molecule has 3 rings (SSSR count). The van der Waals surface area contributed by atoms with Crippen LogP contribution in [0.5, 0.6) is 0 Å². The number of fused-ring (bicyclic) bond motifs is 1.